The van der Waals surface area contributed by atoms with E-state index in [1.54, 1.807) is 31.4 Å². The van der Waals surface area contributed by atoms with Crippen LogP contribution in [0.2, 0.25) is 0 Å². The van der Waals surface area contributed by atoms with Gasteiger partial charge in [-0.1, -0.05) is 61.3 Å². The van der Waals surface area contributed by atoms with Crippen LogP contribution < -0.4 is 10.1 Å². The Morgan fingerprint density at radius 1 is 0.971 bits per heavy atom. The van der Waals surface area contributed by atoms with Crippen molar-refractivity contribution >= 4 is 6.29 Å². The Hall–Kier alpha value is -1.42. The molecule has 0 spiro atoms. The molecule has 0 saturated heterocycles. The summed E-state index contributed by atoms with van der Waals surface area (Å²) in [6.45, 7) is 17.6. The van der Waals surface area contributed by atoms with E-state index in [1.807, 2.05) is 48.5 Å². The number of nitrogens with one attached hydrogen (secondary N) is 1. The van der Waals surface area contributed by atoms with Crippen LogP contribution in [0.5, 0.6) is 5.75 Å². The first-order chi connectivity index (χ1) is 16.9. The summed E-state index contributed by atoms with van der Waals surface area (Å²) in [4.78, 5) is 8.81. The number of rotatable bonds is 6. The van der Waals surface area contributed by atoms with Crippen molar-refractivity contribution in [2.24, 2.45) is 17.8 Å². The van der Waals surface area contributed by atoms with Gasteiger partial charge < -0.3 is 14.8 Å². The average molecular weight is 496 g/mol. The molecule has 4 aliphatic carbocycles. The molecule has 4 bridgehead atoms. The number of carbonyl (C=O) groups is 1. The zero-order valence-electron chi connectivity index (χ0n) is 24.8. The maximum absolute atomic E-state index is 12.6. The van der Waals surface area contributed by atoms with Gasteiger partial charge in [0.1, 0.15) is 17.9 Å². The maximum Gasteiger partial charge on any atom is 0.123 e. The summed E-state index contributed by atoms with van der Waals surface area (Å²) >= 11 is 0. The van der Waals surface area contributed by atoms with Crippen molar-refractivity contribution in [3.8, 4) is 5.75 Å². The SMILES string of the molecule is CC.CC.CC.CC=O.CCCCC(C)Oc1ccc(F)cc1.CNC12CC3CC(CC(C3)C1)C2. The molecule has 35 heavy (non-hydrogen) atoms. The lowest BCUT2D eigenvalue weighted by atomic mass is 9.53. The number of hydrogen-bond donors (Lipinski definition) is 1. The van der Waals surface area contributed by atoms with Gasteiger partial charge in [0.15, 0.2) is 0 Å². The Labute approximate surface area is 218 Å². The highest BCUT2D eigenvalue weighted by Gasteiger charge is 2.49. The van der Waals surface area contributed by atoms with Gasteiger partial charge in [0.05, 0.1) is 6.10 Å². The molecule has 4 saturated carbocycles. The van der Waals surface area contributed by atoms with Gasteiger partial charge in [-0.25, -0.2) is 4.39 Å². The topological polar surface area (TPSA) is 38.3 Å². The summed E-state index contributed by atoms with van der Waals surface area (Å²) < 4.78 is 18.2. The minimum absolute atomic E-state index is 0.209. The molecule has 4 aliphatic rings. The molecule has 1 aromatic rings. The third-order valence-electron chi connectivity index (χ3n) is 6.68. The van der Waals surface area contributed by atoms with Crippen molar-refractivity contribution in [3.05, 3.63) is 30.1 Å². The highest BCUT2D eigenvalue weighted by molar-refractivity contribution is 5.44. The molecule has 4 heteroatoms. The van der Waals surface area contributed by atoms with Gasteiger partial charge in [0.25, 0.3) is 0 Å². The van der Waals surface area contributed by atoms with Crippen LogP contribution in [0, 0.1) is 23.6 Å². The molecule has 1 aromatic carbocycles. The lowest BCUT2D eigenvalue weighted by molar-refractivity contribution is -0.106. The summed E-state index contributed by atoms with van der Waals surface area (Å²) in [5, 5.41) is 3.61. The lowest BCUT2D eigenvalue weighted by Gasteiger charge is -2.56. The summed E-state index contributed by atoms with van der Waals surface area (Å²) in [5.41, 5.74) is 0.592. The largest absolute Gasteiger partial charge is 0.491 e. The maximum atomic E-state index is 12.6. The van der Waals surface area contributed by atoms with E-state index in [2.05, 4.69) is 19.3 Å². The third-order valence-corrected chi connectivity index (χ3v) is 6.68. The average Bonchev–Trinajstić information content (AvgIpc) is 2.88. The second-order valence-electron chi connectivity index (χ2n) is 9.21. The fourth-order valence-corrected chi connectivity index (χ4v) is 5.71. The molecule has 0 aliphatic heterocycles. The van der Waals surface area contributed by atoms with Crippen molar-refractivity contribution in [2.75, 3.05) is 7.05 Å². The fourth-order valence-electron chi connectivity index (χ4n) is 5.71. The lowest BCUT2D eigenvalue weighted by Crippen LogP contribution is -2.57. The van der Waals surface area contributed by atoms with Crippen molar-refractivity contribution in [3.63, 3.8) is 0 Å². The molecule has 3 nitrogen and oxygen atoms in total. The summed E-state index contributed by atoms with van der Waals surface area (Å²) in [7, 11) is 2.17. The number of aldehydes is 1. The molecule has 1 unspecified atom stereocenters. The highest BCUT2D eigenvalue weighted by Crippen LogP contribution is 2.55. The Kier molecular flexibility index (Phi) is 22.3. The van der Waals surface area contributed by atoms with Crippen LogP contribution in [0.15, 0.2) is 24.3 Å². The number of benzene rings is 1. The standard InChI is InChI=1S/C12H17FO.C11H19N.C2H4O.3C2H6/c1-3-4-5-10(2)14-12-8-6-11(13)7-9-12;1-12-11-5-8-2-9(6-11)4-10(3-8)7-11;1-2-3;3*1-2/h6-10H,3-5H2,1-2H3;8-10,12H,2-7H2,1H3;2H,1H3;3*1-2H3. The first-order valence-corrected chi connectivity index (χ1v) is 14.4. The van der Waals surface area contributed by atoms with Crippen LogP contribution >= 0.6 is 0 Å². The molecule has 4 fully saturated rings. The Bertz CT molecular complexity index is 567. The Morgan fingerprint density at radius 2 is 1.37 bits per heavy atom. The van der Waals surface area contributed by atoms with E-state index in [0.717, 1.165) is 36.2 Å². The van der Waals surface area contributed by atoms with E-state index in [-0.39, 0.29) is 11.9 Å². The highest BCUT2D eigenvalue weighted by atomic mass is 19.1. The fraction of sp³-hybridized carbons (Fsp3) is 0.774. The number of halogens is 1. The zero-order chi connectivity index (χ0) is 27.3. The third kappa shape index (κ3) is 14.0. The summed E-state index contributed by atoms with van der Waals surface area (Å²) in [6, 6.07) is 6.17. The van der Waals surface area contributed by atoms with Crippen molar-refractivity contribution < 1.29 is 13.9 Å². The van der Waals surface area contributed by atoms with E-state index in [1.165, 1.54) is 51.2 Å². The Morgan fingerprint density at radius 3 is 1.71 bits per heavy atom. The predicted molar refractivity (Wildman–Crippen MR) is 152 cm³/mol. The van der Waals surface area contributed by atoms with Gasteiger partial charge in [-0.15, -0.1) is 0 Å². The first kappa shape index (κ1) is 35.7. The molecule has 5 rings (SSSR count). The molecular formula is C31H58FNO2. The van der Waals surface area contributed by atoms with E-state index in [0.29, 0.717) is 5.54 Å². The number of unbranched alkanes of at least 4 members (excludes halogenated alkanes) is 1. The minimum atomic E-state index is -0.224. The molecular weight excluding hydrogens is 437 g/mol. The van der Waals surface area contributed by atoms with Crippen LogP contribution in [-0.4, -0.2) is 25.0 Å². The molecule has 0 radical (unpaired) electrons. The van der Waals surface area contributed by atoms with E-state index in [9.17, 15) is 4.39 Å². The van der Waals surface area contributed by atoms with Crippen molar-refractivity contribution in [2.45, 2.75) is 132 Å². The van der Waals surface area contributed by atoms with Crippen LogP contribution in [-0.2, 0) is 4.79 Å². The van der Waals surface area contributed by atoms with Crippen LogP contribution in [0.25, 0.3) is 0 Å². The predicted octanol–water partition coefficient (Wildman–Crippen LogP) is 9.24. The van der Waals surface area contributed by atoms with Crippen LogP contribution in [0.4, 0.5) is 4.39 Å². The monoisotopic (exact) mass is 495 g/mol. The Balaban J connectivity index is 0. The number of carbonyl (C=O) groups excluding carboxylic acids is 1. The van der Waals surface area contributed by atoms with Crippen LogP contribution in [0.1, 0.15) is 120 Å². The number of ether oxygens (including phenoxy) is 1. The van der Waals surface area contributed by atoms with Gasteiger partial charge in [-0.05, 0) is 108 Å². The quantitative estimate of drug-likeness (QED) is 0.400. The summed E-state index contributed by atoms with van der Waals surface area (Å²) in [5.74, 6) is 3.78. The second kappa shape index (κ2) is 21.8. The normalized spacial score (nSPS) is 25.2. The van der Waals surface area contributed by atoms with Crippen molar-refractivity contribution in [1.82, 2.24) is 5.32 Å². The molecule has 0 amide bonds. The molecule has 206 valence electrons. The van der Waals surface area contributed by atoms with Gasteiger partial charge in [0.2, 0.25) is 0 Å². The van der Waals surface area contributed by atoms with Crippen molar-refractivity contribution in [1.29, 1.82) is 0 Å². The smallest absolute Gasteiger partial charge is 0.123 e. The number of hydrogen-bond acceptors (Lipinski definition) is 3. The first-order valence-electron chi connectivity index (χ1n) is 14.4. The van der Waals surface area contributed by atoms with Gasteiger partial charge in [-0.3, -0.25) is 0 Å². The second-order valence-corrected chi connectivity index (χ2v) is 9.21. The molecule has 0 heterocycles. The minimum Gasteiger partial charge on any atom is -0.491 e. The van der Waals surface area contributed by atoms with Gasteiger partial charge >= 0.3 is 0 Å². The summed E-state index contributed by atoms with van der Waals surface area (Å²) in [6.07, 6.45) is 13.5. The van der Waals surface area contributed by atoms with Gasteiger partial charge in [0, 0.05) is 5.54 Å². The molecule has 1 atom stereocenters. The van der Waals surface area contributed by atoms with E-state index >= 15 is 0 Å². The van der Waals surface area contributed by atoms with Gasteiger partial charge in [-0.2, -0.15) is 0 Å². The van der Waals surface area contributed by atoms with E-state index < -0.39 is 0 Å². The van der Waals surface area contributed by atoms with Crippen LogP contribution in [0.3, 0.4) is 0 Å². The molecule has 0 aromatic heterocycles. The van der Waals surface area contributed by atoms with E-state index in [4.69, 9.17) is 9.53 Å². The molecule has 1 N–H and O–H groups in total. The zero-order valence-corrected chi connectivity index (χ0v) is 24.8.